The number of nitrogens with one attached hydrogen (secondary N) is 1. The van der Waals surface area contributed by atoms with Gasteiger partial charge in [-0.2, -0.15) is 0 Å². The maximum absolute atomic E-state index is 11.0. The van der Waals surface area contributed by atoms with E-state index in [9.17, 15) is 10.1 Å². The van der Waals surface area contributed by atoms with Crippen molar-refractivity contribution in [1.29, 1.82) is 0 Å². The summed E-state index contributed by atoms with van der Waals surface area (Å²) in [5.41, 5.74) is 0. The van der Waals surface area contributed by atoms with E-state index in [2.05, 4.69) is 25.7 Å². The van der Waals surface area contributed by atoms with Gasteiger partial charge in [-0.05, 0) is 26.7 Å². The van der Waals surface area contributed by atoms with Gasteiger partial charge in [-0.1, -0.05) is 18.9 Å². The van der Waals surface area contributed by atoms with Gasteiger partial charge < -0.3 is 5.32 Å². The van der Waals surface area contributed by atoms with Gasteiger partial charge in [0.25, 0.3) is 5.95 Å². The first-order valence-corrected chi connectivity index (χ1v) is 6.27. The Morgan fingerprint density at radius 1 is 1.21 bits per heavy atom. The molecule has 0 aliphatic heterocycles. The molecule has 2 atom stereocenters. The summed E-state index contributed by atoms with van der Waals surface area (Å²) >= 11 is 0. The summed E-state index contributed by atoms with van der Waals surface area (Å²) in [6.45, 7) is 7.56. The van der Waals surface area contributed by atoms with Gasteiger partial charge >= 0.3 is 5.95 Å². The first-order valence-electron chi connectivity index (χ1n) is 6.27. The Morgan fingerprint density at radius 2 is 1.79 bits per heavy atom. The molecule has 1 rings (SSSR count). The molecule has 1 N–H and O–H groups in total. The zero-order valence-electron chi connectivity index (χ0n) is 11.6. The molecule has 0 fully saturated rings. The molecular weight excluding hydrogens is 250 g/mol. The summed E-state index contributed by atoms with van der Waals surface area (Å²) in [6, 6.07) is -0.136. The first-order chi connectivity index (χ1) is 8.99. The third kappa shape index (κ3) is 3.97. The normalized spacial score (nSPS) is 13.7. The number of anilines is 2. The van der Waals surface area contributed by atoms with E-state index in [4.69, 9.17) is 0 Å². The second-order valence-electron chi connectivity index (χ2n) is 4.32. The third-order valence-electron chi connectivity index (χ3n) is 2.85. The van der Waals surface area contributed by atoms with E-state index >= 15 is 0 Å². The number of hydrogen-bond acceptors (Lipinski definition) is 7. The van der Waals surface area contributed by atoms with Gasteiger partial charge in [0.1, 0.15) is 0 Å². The van der Waals surface area contributed by atoms with Crippen LogP contribution in [0.2, 0.25) is 0 Å². The molecule has 9 nitrogen and oxygen atoms in total. The summed E-state index contributed by atoms with van der Waals surface area (Å²) in [6.07, 6.45) is 1.50. The summed E-state index contributed by atoms with van der Waals surface area (Å²) in [5, 5.41) is 29.4. The van der Waals surface area contributed by atoms with E-state index in [0.29, 0.717) is 6.42 Å². The Hall–Kier alpha value is -2.06. The molecule has 1 aromatic rings. The van der Waals surface area contributed by atoms with Gasteiger partial charge in [-0.15, -0.1) is 20.4 Å². The fourth-order valence-corrected chi connectivity index (χ4v) is 1.30. The lowest BCUT2D eigenvalue weighted by atomic mass is 10.2. The highest BCUT2D eigenvalue weighted by Crippen LogP contribution is 2.12. The molecule has 0 aliphatic rings. The summed E-state index contributed by atoms with van der Waals surface area (Å²) in [4.78, 5) is 11.0. The van der Waals surface area contributed by atoms with Crippen LogP contribution in [0.3, 0.4) is 0 Å². The fraction of sp³-hybridized carbons (Fsp3) is 0.800. The fourth-order valence-electron chi connectivity index (χ4n) is 1.30. The van der Waals surface area contributed by atoms with E-state index in [1.54, 1.807) is 6.92 Å². The van der Waals surface area contributed by atoms with Crippen molar-refractivity contribution in [1.82, 2.24) is 20.4 Å². The van der Waals surface area contributed by atoms with Gasteiger partial charge in [-0.3, -0.25) is 0 Å². The molecule has 1 aromatic heterocycles. The van der Waals surface area contributed by atoms with Crippen LogP contribution in [0.1, 0.15) is 40.5 Å². The molecule has 0 spiro atoms. The van der Waals surface area contributed by atoms with Crippen LogP contribution in [0, 0.1) is 10.1 Å². The minimum absolute atomic E-state index is 0.103. The molecule has 0 aromatic carbocycles. The average molecular weight is 269 g/mol. The van der Waals surface area contributed by atoms with Crippen molar-refractivity contribution in [2.45, 2.75) is 52.6 Å². The van der Waals surface area contributed by atoms with Crippen molar-refractivity contribution in [2.75, 3.05) is 10.3 Å². The predicted octanol–water partition coefficient (Wildman–Crippen LogP) is 1.27. The minimum Gasteiger partial charge on any atom is -0.349 e. The summed E-state index contributed by atoms with van der Waals surface area (Å²) in [5.74, 6) is 0.166. The Balaban J connectivity index is 2.86. The van der Waals surface area contributed by atoms with Gasteiger partial charge in [0.15, 0.2) is 5.03 Å². The number of hydrazine groups is 1. The van der Waals surface area contributed by atoms with Crippen LogP contribution in [0.15, 0.2) is 0 Å². The third-order valence-corrected chi connectivity index (χ3v) is 2.85. The molecule has 106 valence electrons. The molecular formula is C10H19N7O2. The number of nitrogens with zero attached hydrogens (tertiary/aromatic N) is 6. The molecule has 9 heteroatoms. The van der Waals surface area contributed by atoms with Gasteiger partial charge in [0, 0.05) is 6.04 Å². The Bertz CT molecular complexity index is 411. The highest BCUT2D eigenvalue weighted by atomic mass is 16.7. The highest BCUT2D eigenvalue weighted by Gasteiger charge is 2.27. The van der Waals surface area contributed by atoms with E-state index in [-0.39, 0.29) is 24.0 Å². The topological polar surface area (TPSA) is 110 Å². The van der Waals surface area contributed by atoms with Gasteiger partial charge in [-0.25, -0.2) is 10.1 Å². The number of rotatable bonds is 7. The van der Waals surface area contributed by atoms with Crippen molar-refractivity contribution < 1.29 is 5.03 Å². The molecule has 0 bridgehead atoms. The lowest BCUT2D eigenvalue weighted by molar-refractivity contribution is -0.501. The van der Waals surface area contributed by atoms with E-state index in [1.807, 2.05) is 20.8 Å². The van der Waals surface area contributed by atoms with Crippen LogP contribution in [0.5, 0.6) is 0 Å². The zero-order valence-corrected chi connectivity index (χ0v) is 11.6. The first kappa shape index (κ1) is 15.0. The molecule has 1 heterocycles. The molecule has 0 radical (unpaired) electrons. The van der Waals surface area contributed by atoms with E-state index in [0.717, 1.165) is 11.4 Å². The minimum atomic E-state index is -0.547. The second-order valence-corrected chi connectivity index (χ2v) is 4.32. The van der Waals surface area contributed by atoms with Crippen molar-refractivity contribution in [3.05, 3.63) is 10.1 Å². The Kier molecular flexibility index (Phi) is 5.34. The maximum atomic E-state index is 11.0. The summed E-state index contributed by atoms with van der Waals surface area (Å²) in [7, 11) is 0. The molecule has 0 unspecified atom stereocenters. The molecule has 0 amide bonds. The Morgan fingerprint density at radius 3 is 2.21 bits per heavy atom. The number of hydrogen-bond donors (Lipinski definition) is 1. The van der Waals surface area contributed by atoms with Crippen LogP contribution in [0.4, 0.5) is 11.9 Å². The molecule has 0 saturated heterocycles. The highest BCUT2D eigenvalue weighted by molar-refractivity contribution is 5.27. The second kappa shape index (κ2) is 6.76. The van der Waals surface area contributed by atoms with Crippen LogP contribution in [-0.4, -0.2) is 37.5 Å². The van der Waals surface area contributed by atoms with Crippen LogP contribution in [-0.2, 0) is 0 Å². The average Bonchev–Trinajstić information content (AvgIpc) is 2.40. The zero-order chi connectivity index (χ0) is 14.4. The van der Waals surface area contributed by atoms with E-state index < -0.39 is 5.03 Å². The lowest BCUT2D eigenvalue weighted by Crippen LogP contribution is -2.39. The van der Waals surface area contributed by atoms with E-state index in [1.165, 1.54) is 0 Å². The standard InChI is InChI=1S/C10H19N7O2/c1-5-7(3)11-9-12-14-10(15-13-9)16(17(18)19)8(4)6-2/h7-8H,5-6H2,1-4H3,(H,11,12,13)/t7-,8+/m1/s1. The van der Waals surface area contributed by atoms with Crippen molar-refractivity contribution in [2.24, 2.45) is 0 Å². The van der Waals surface area contributed by atoms with Crippen LogP contribution < -0.4 is 10.3 Å². The summed E-state index contributed by atoms with van der Waals surface area (Å²) < 4.78 is 0. The smallest absolute Gasteiger partial charge is 0.326 e. The maximum Gasteiger partial charge on any atom is 0.326 e. The molecule has 0 aliphatic carbocycles. The van der Waals surface area contributed by atoms with Gasteiger partial charge in [0.2, 0.25) is 0 Å². The largest absolute Gasteiger partial charge is 0.349 e. The lowest BCUT2D eigenvalue weighted by Gasteiger charge is -2.17. The predicted molar refractivity (Wildman–Crippen MR) is 70.2 cm³/mol. The van der Waals surface area contributed by atoms with Crippen molar-refractivity contribution in [3.63, 3.8) is 0 Å². The number of aromatic nitrogens is 4. The monoisotopic (exact) mass is 269 g/mol. The van der Waals surface area contributed by atoms with Crippen LogP contribution >= 0.6 is 0 Å². The Labute approximate surface area is 111 Å². The van der Waals surface area contributed by atoms with Crippen molar-refractivity contribution in [3.8, 4) is 0 Å². The van der Waals surface area contributed by atoms with Crippen molar-refractivity contribution >= 4 is 11.9 Å². The number of nitro groups is 1. The molecule has 19 heavy (non-hydrogen) atoms. The van der Waals surface area contributed by atoms with Gasteiger partial charge in [0.05, 0.1) is 6.04 Å². The quantitative estimate of drug-likeness (QED) is 0.582. The molecule has 0 saturated carbocycles. The van der Waals surface area contributed by atoms with Crippen LogP contribution in [0.25, 0.3) is 0 Å². The SMILES string of the molecule is CC[C@@H](C)Nc1nnc(N([C@@H](C)CC)[N+](=O)[O-])nn1.